The van der Waals surface area contributed by atoms with Crippen LogP contribution in [0, 0.1) is 0 Å². The molecule has 0 bridgehead atoms. The summed E-state index contributed by atoms with van der Waals surface area (Å²) in [6.07, 6.45) is 0.808. The summed E-state index contributed by atoms with van der Waals surface area (Å²) in [4.78, 5) is 16.3. The number of carbonyl (C=O) groups excluding carboxylic acids is 1. The summed E-state index contributed by atoms with van der Waals surface area (Å²) in [6, 6.07) is 7.31. The van der Waals surface area contributed by atoms with Crippen molar-refractivity contribution >= 4 is 51.8 Å². The number of hydrogen-bond donors (Lipinski definition) is 3. The van der Waals surface area contributed by atoms with E-state index in [-0.39, 0.29) is 29.9 Å². The Labute approximate surface area is 157 Å². The van der Waals surface area contributed by atoms with E-state index in [1.54, 1.807) is 12.1 Å². The third-order valence-corrected chi connectivity index (χ3v) is 3.21. The first-order valence-electron chi connectivity index (χ1n) is 7.23. The van der Waals surface area contributed by atoms with E-state index in [1.165, 1.54) is 0 Å². The minimum atomic E-state index is -0.0509. The van der Waals surface area contributed by atoms with Crippen LogP contribution in [0.3, 0.4) is 0 Å². The predicted octanol–water partition coefficient (Wildman–Crippen LogP) is 2.76. The molecule has 1 aromatic rings. The molecule has 3 N–H and O–H groups in total. The number of halogens is 2. The van der Waals surface area contributed by atoms with Crippen LogP contribution in [0.2, 0.25) is 0 Å². The van der Waals surface area contributed by atoms with Gasteiger partial charge in [-0.3, -0.25) is 9.79 Å². The summed E-state index contributed by atoms with van der Waals surface area (Å²) in [6.45, 7) is 7.04. The van der Waals surface area contributed by atoms with Gasteiger partial charge in [0.1, 0.15) is 0 Å². The van der Waals surface area contributed by atoms with Crippen LogP contribution < -0.4 is 16.0 Å². The first-order chi connectivity index (χ1) is 10.2. The molecular formula is C15H24BrIN4O. The fourth-order valence-electron chi connectivity index (χ4n) is 1.68. The third-order valence-electron chi connectivity index (χ3n) is 2.69. The van der Waals surface area contributed by atoms with Crippen LogP contribution in [0.4, 0.5) is 0 Å². The zero-order valence-corrected chi connectivity index (χ0v) is 16.9. The number of hydrogen-bond acceptors (Lipinski definition) is 2. The SMILES string of the molecule is CCNC(=NCCCNC(=O)c1ccc(Br)cc1)NCC.I. The third kappa shape index (κ3) is 8.57. The molecule has 0 saturated carbocycles. The number of guanidine groups is 1. The predicted molar refractivity (Wildman–Crippen MR) is 106 cm³/mol. The van der Waals surface area contributed by atoms with Gasteiger partial charge in [-0.1, -0.05) is 15.9 Å². The first kappa shape index (κ1) is 21.2. The molecule has 5 nitrogen and oxygen atoms in total. The summed E-state index contributed by atoms with van der Waals surface area (Å²) >= 11 is 3.35. The van der Waals surface area contributed by atoms with Crippen molar-refractivity contribution < 1.29 is 4.79 Å². The summed E-state index contributed by atoms with van der Waals surface area (Å²) in [7, 11) is 0. The fraction of sp³-hybridized carbons (Fsp3) is 0.467. The normalized spacial score (nSPS) is 9.41. The summed E-state index contributed by atoms with van der Waals surface area (Å²) in [5.74, 6) is 0.768. The van der Waals surface area contributed by atoms with Crippen molar-refractivity contribution in [3.8, 4) is 0 Å². The molecule has 0 aliphatic heterocycles. The van der Waals surface area contributed by atoms with E-state index in [9.17, 15) is 4.79 Å². The van der Waals surface area contributed by atoms with Crippen LogP contribution in [0.1, 0.15) is 30.6 Å². The lowest BCUT2D eigenvalue weighted by molar-refractivity contribution is 0.0953. The maximum absolute atomic E-state index is 11.9. The largest absolute Gasteiger partial charge is 0.357 e. The molecule has 1 rings (SSSR count). The van der Waals surface area contributed by atoms with Crippen LogP contribution >= 0.6 is 39.9 Å². The van der Waals surface area contributed by atoms with Crippen molar-refractivity contribution in [1.29, 1.82) is 0 Å². The average molecular weight is 483 g/mol. The number of benzene rings is 1. The smallest absolute Gasteiger partial charge is 0.251 e. The fourth-order valence-corrected chi connectivity index (χ4v) is 1.95. The highest BCUT2D eigenvalue weighted by Gasteiger charge is 2.03. The lowest BCUT2D eigenvalue weighted by Gasteiger charge is -2.09. The quantitative estimate of drug-likeness (QED) is 0.242. The molecule has 0 aromatic heterocycles. The second kappa shape index (κ2) is 12.7. The van der Waals surface area contributed by atoms with Gasteiger partial charge in [0, 0.05) is 36.2 Å². The number of aliphatic imine (C=N–C) groups is 1. The Morgan fingerprint density at radius 1 is 1.09 bits per heavy atom. The van der Waals surface area contributed by atoms with E-state index in [0.717, 1.165) is 29.9 Å². The zero-order chi connectivity index (χ0) is 15.5. The minimum absolute atomic E-state index is 0. The molecule has 0 atom stereocenters. The highest BCUT2D eigenvalue weighted by Crippen LogP contribution is 2.10. The molecule has 0 aliphatic rings. The average Bonchev–Trinajstić information content (AvgIpc) is 2.47. The molecule has 7 heteroatoms. The van der Waals surface area contributed by atoms with E-state index < -0.39 is 0 Å². The molecule has 0 heterocycles. The van der Waals surface area contributed by atoms with Gasteiger partial charge in [-0.2, -0.15) is 0 Å². The Morgan fingerprint density at radius 3 is 2.23 bits per heavy atom. The Kier molecular flexibility index (Phi) is 12.2. The van der Waals surface area contributed by atoms with E-state index >= 15 is 0 Å². The van der Waals surface area contributed by atoms with E-state index in [2.05, 4.69) is 36.9 Å². The highest BCUT2D eigenvalue weighted by molar-refractivity contribution is 14.0. The van der Waals surface area contributed by atoms with Crippen LogP contribution in [0.15, 0.2) is 33.7 Å². The molecule has 0 radical (unpaired) electrons. The number of nitrogens with zero attached hydrogens (tertiary/aromatic N) is 1. The van der Waals surface area contributed by atoms with Gasteiger partial charge in [0.05, 0.1) is 0 Å². The highest BCUT2D eigenvalue weighted by atomic mass is 127. The lowest BCUT2D eigenvalue weighted by atomic mass is 10.2. The molecule has 22 heavy (non-hydrogen) atoms. The summed E-state index contributed by atoms with van der Waals surface area (Å²) in [5.41, 5.74) is 0.669. The molecule has 0 fully saturated rings. The minimum Gasteiger partial charge on any atom is -0.357 e. The van der Waals surface area contributed by atoms with Gasteiger partial charge in [-0.05, 0) is 44.5 Å². The molecule has 0 spiro atoms. The Morgan fingerprint density at radius 2 is 1.68 bits per heavy atom. The van der Waals surface area contributed by atoms with Gasteiger partial charge in [0.25, 0.3) is 5.91 Å². The van der Waals surface area contributed by atoms with Gasteiger partial charge in [0.2, 0.25) is 0 Å². The van der Waals surface area contributed by atoms with Crippen LogP contribution in [0.25, 0.3) is 0 Å². The van der Waals surface area contributed by atoms with Gasteiger partial charge in [-0.25, -0.2) is 0 Å². The monoisotopic (exact) mass is 482 g/mol. The second-order valence-corrected chi connectivity index (χ2v) is 5.32. The van der Waals surface area contributed by atoms with E-state index in [1.807, 2.05) is 26.0 Å². The first-order valence-corrected chi connectivity index (χ1v) is 8.02. The number of carbonyl (C=O) groups is 1. The molecule has 1 amide bonds. The van der Waals surface area contributed by atoms with Crippen molar-refractivity contribution in [3.63, 3.8) is 0 Å². The van der Waals surface area contributed by atoms with Gasteiger partial charge >= 0.3 is 0 Å². The van der Waals surface area contributed by atoms with Crippen LogP contribution in [-0.2, 0) is 0 Å². The van der Waals surface area contributed by atoms with Crippen molar-refractivity contribution in [1.82, 2.24) is 16.0 Å². The molecular weight excluding hydrogens is 459 g/mol. The molecule has 1 aromatic carbocycles. The molecule has 124 valence electrons. The Balaban J connectivity index is 0.00000441. The standard InChI is InChI=1S/C15H23BrN4O.HI/c1-3-17-15(18-4-2)20-11-5-10-19-14(21)12-6-8-13(16)9-7-12;/h6-9H,3-5,10-11H2,1-2H3,(H,19,21)(H2,17,18,20);1H. The van der Waals surface area contributed by atoms with Gasteiger partial charge < -0.3 is 16.0 Å². The Hall–Kier alpha value is -0.830. The van der Waals surface area contributed by atoms with Crippen molar-refractivity contribution in [2.24, 2.45) is 4.99 Å². The summed E-state index contributed by atoms with van der Waals surface area (Å²) < 4.78 is 0.966. The number of amides is 1. The van der Waals surface area contributed by atoms with Gasteiger partial charge in [-0.15, -0.1) is 24.0 Å². The topological polar surface area (TPSA) is 65.5 Å². The Bertz CT molecular complexity index is 457. The lowest BCUT2D eigenvalue weighted by Crippen LogP contribution is -2.37. The maximum Gasteiger partial charge on any atom is 0.251 e. The van der Waals surface area contributed by atoms with Gasteiger partial charge in [0.15, 0.2) is 5.96 Å². The van der Waals surface area contributed by atoms with Crippen LogP contribution in [-0.4, -0.2) is 38.0 Å². The van der Waals surface area contributed by atoms with Crippen molar-refractivity contribution in [2.75, 3.05) is 26.2 Å². The van der Waals surface area contributed by atoms with E-state index in [4.69, 9.17) is 0 Å². The molecule has 0 aliphatic carbocycles. The zero-order valence-electron chi connectivity index (χ0n) is 13.0. The molecule has 0 saturated heterocycles. The number of nitrogens with one attached hydrogen (secondary N) is 3. The maximum atomic E-state index is 11.9. The summed E-state index contributed by atoms with van der Waals surface area (Å²) in [5, 5.41) is 9.21. The second-order valence-electron chi connectivity index (χ2n) is 4.41. The number of rotatable bonds is 7. The van der Waals surface area contributed by atoms with Crippen molar-refractivity contribution in [2.45, 2.75) is 20.3 Å². The van der Waals surface area contributed by atoms with Crippen molar-refractivity contribution in [3.05, 3.63) is 34.3 Å². The van der Waals surface area contributed by atoms with E-state index in [0.29, 0.717) is 18.7 Å². The van der Waals surface area contributed by atoms with Crippen LogP contribution in [0.5, 0.6) is 0 Å². The molecule has 0 unspecified atom stereocenters.